The Morgan fingerprint density at radius 1 is 1.00 bits per heavy atom. The van der Waals surface area contributed by atoms with E-state index in [9.17, 15) is 4.79 Å². The molecule has 3 unspecified atom stereocenters. The molecule has 0 aromatic carbocycles. The van der Waals surface area contributed by atoms with Crippen molar-refractivity contribution in [3.05, 3.63) is 0 Å². The highest BCUT2D eigenvalue weighted by Crippen LogP contribution is 2.35. The van der Waals surface area contributed by atoms with Crippen molar-refractivity contribution in [3.8, 4) is 0 Å². The molecule has 0 radical (unpaired) electrons. The molecule has 2 heterocycles. The molecular weight excluding hydrogens is 212 g/mol. The highest BCUT2D eigenvalue weighted by atomic mass is 16.2. The summed E-state index contributed by atoms with van der Waals surface area (Å²) >= 11 is 0. The second-order valence-electron chi connectivity index (χ2n) is 6.03. The molecule has 3 nitrogen and oxygen atoms in total. The van der Waals surface area contributed by atoms with Crippen LogP contribution in [0.3, 0.4) is 0 Å². The van der Waals surface area contributed by atoms with Crippen LogP contribution in [0.5, 0.6) is 0 Å². The molecular formula is C14H24N2O. The predicted molar refractivity (Wildman–Crippen MR) is 67.7 cm³/mol. The van der Waals surface area contributed by atoms with Crippen LogP contribution in [0.4, 0.5) is 0 Å². The zero-order chi connectivity index (χ0) is 11.7. The standard InChI is InChI=1S/C14H24N2O/c17-14(16-7-3-4-8-16)13-9-11-5-1-2-6-12(11)10-15-13/h11-13,15H,1-10H2. The van der Waals surface area contributed by atoms with E-state index in [0.29, 0.717) is 5.91 Å². The molecule has 3 fully saturated rings. The predicted octanol–water partition coefficient (Wildman–Crippen LogP) is 1.78. The normalized spacial score (nSPS) is 37.9. The van der Waals surface area contributed by atoms with Gasteiger partial charge in [-0.1, -0.05) is 19.3 Å². The van der Waals surface area contributed by atoms with Gasteiger partial charge in [0.1, 0.15) is 0 Å². The van der Waals surface area contributed by atoms with E-state index in [2.05, 4.69) is 10.2 Å². The molecule has 1 amide bonds. The molecule has 0 aromatic rings. The van der Waals surface area contributed by atoms with Crippen molar-refractivity contribution in [1.82, 2.24) is 10.2 Å². The number of hydrogen-bond acceptors (Lipinski definition) is 2. The Labute approximate surface area is 104 Å². The fourth-order valence-electron chi connectivity index (χ4n) is 3.89. The van der Waals surface area contributed by atoms with Crippen LogP contribution in [0.25, 0.3) is 0 Å². The summed E-state index contributed by atoms with van der Waals surface area (Å²) in [5.74, 6) is 2.06. The minimum absolute atomic E-state index is 0.132. The first kappa shape index (κ1) is 11.5. The summed E-state index contributed by atoms with van der Waals surface area (Å²) in [5.41, 5.74) is 0. The maximum Gasteiger partial charge on any atom is 0.239 e. The van der Waals surface area contributed by atoms with Crippen molar-refractivity contribution >= 4 is 5.91 Å². The number of nitrogens with one attached hydrogen (secondary N) is 1. The van der Waals surface area contributed by atoms with E-state index >= 15 is 0 Å². The molecule has 2 saturated heterocycles. The third-order valence-corrected chi connectivity index (χ3v) is 4.95. The monoisotopic (exact) mass is 236 g/mol. The van der Waals surface area contributed by atoms with Gasteiger partial charge in [0, 0.05) is 13.1 Å². The number of carbonyl (C=O) groups is 1. The van der Waals surface area contributed by atoms with Crippen LogP contribution in [0.2, 0.25) is 0 Å². The highest BCUT2D eigenvalue weighted by Gasteiger charge is 2.36. The maximum absolute atomic E-state index is 12.3. The molecule has 1 N–H and O–H groups in total. The Balaban J connectivity index is 1.59. The summed E-state index contributed by atoms with van der Waals surface area (Å²) in [6.07, 6.45) is 9.01. The van der Waals surface area contributed by atoms with E-state index in [4.69, 9.17) is 0 Å². The second-order valence-corrected chi connectivity index (χ2v) is 6.03. The fraction of sp³-hybridized carbons (Fsp3) is 0.929. The van der Waals surface area contributed by atoms with E-state index in [1.807, 2.05) is 0 Å². The zero-order valence-electron chi connectivity index (χ0n) is 10.7. The van der Waals surface area contributed by atoms with Gasteiger partial charge < -0.3 is 10.2 Å². The number of hydrogen-bond donors (Lipinski definition) is 1. The molecule has 0 spiro atoms. The van der Waals surface area contributed by atoms with E-state index < -0.39 is 0 Å². The average Bonchev–Trinajstić information content (AvgIpc) is 2.91. The summed E-state index contributed by atoms with van der Waals surface area (Å²) in [6, 6.07) is 0.132. The second kappa shape index (κ2) is 4.97. The average molecular weight is 236 g/mol. The van der Waals surface area contributed by atoms with Crippen molar-refractivity contribution in [2.24, 2.45) is 11.8 Å². The fourth-order valence-corrected chi connectivity index (χ4v) is 3.89. The van der Waals surface area contributed by atoms with Gasteiger partial charge >= 0.3 is 0 Å². The third kappa shape index (κ3) is 2.35. The maximum atomic E-state index is 12.3. The number of amides is 1. The molecule has 3 heteroatoms. The van der Waals surface area contributed by atoms with Gasteiger partial charge in [-0.2, -0.15) is 0 Å². The van der Waals surface area contributed by atoms with E-state index in [1.165, 1.54) is 38.5 Å². The van der Waals surface area contributed by atoms with Crippen molar-refractivity contribution in [1.29, 1.82) is 0 Å². The van der Waals surface area contributed by atoms with Gasteiger partial charge in [0.25, 0.3) is 0 Å². The summed E-state index contributed by atoms with van der Waals surface area (Å²) in [5, 5.41) is 3.50. The van der Waals surface area contributed by atoms with Crippen LogP contribution in [-0.4, -0.2) is 36.5 Å². The molecule has 2 aliphatic heterocycles. The van der Waals surface area contributed by atoms with Crippen LogP contribution in [-0.2, 0) is 4.79 Å². The Morgan fingerprint density at radius 2 is 1.71 bits per heavy atom. The third-order valence-electron chi connectivity index (χ3n) is 4.95. The van der Waals surface area contributed by atoms with E-state index in [1.54, 1.807) is 0 Å². The molecule has 1 saturated carbocycles. The minimum atomic E-state index is 0.132. The van der Waals surface area contributed by atoms with Crippen LogP contribution in [0, 0.1) is 11.8 Å². The number of piperidine rings is 1. The molecule has 0 aromatic heterocycles. The van der Waals surface area contributed by atoms with Gasteiger partial charge in [0.2, 0.25) is 5.91 Å². The number of rotatable bonds is 1. The topological polar surface area (TPSA) is 32.3 Å². The molecule has 96 valence electrons. The highest BCUT2D eigenvalue weighted by molar-refractivity contribution is 5.82. The molecule has 0 bridgehead atoms. The van der Waals surface area contributed by atoms with Crippen molar-refractivity contribution in [2.45, 2.75) is 51.0 Å². The molecule has 3 rings (SSSR count). The van der Waals surface area contributed by atoms with Crippen LogP contribution in [0.1, 0.15) is 44.9 Å². The quantitative estimate of drug-likeness (QED) is 0.752. The van der Waals surface area contributed by atoms with E-state index in [-0.39, 0.29) is 6.04 Å². The lowest BCUT2D eigenvalue weighted by Crippen LogP contribution is -2.52. The van der Waals surface area contributed by atoms with Crippen molar-refractivity contribution in [2.75, 3.05) is 19.6 Å². The largest absolute Gasteiger partial charge is 0.341 e. The molecule has 3 atom stereocenters. The Kier molecular flexibility index (Phi) is 3.37. The number of likely N-dealkylation sites (tertiary alicyclic amines) is 1. The van der Waals surface area contributed by atoms with Gasteiger partial charge in [-0.15, -0.1) is 0 Å². The smallest absolute Gasteiger partial charge is 0.239 e. The number of nitrogens with zero attached hydrogens (tertiary/aromatic N) is 1. The summed E-state index contributed by atoms with van der Waals surface area (Å²) in [4.78, 5) is 14.4. The SMILES string of the molecule is O=C(C1CC2CCCCC2CN1)N1CCCC1. The molecule has 3 aliphatic rings. The van der Waals surface area contributed by atoms with Crippen molar-refractivity contribution in [3.63, 3.8) is 0 Å². The molecule has 17 heavy (non-hydrogen) atoms. The number of carbonyl (C=O) groups excluding carboxylic acids is 1. The van der Waals surface area contributed by atoms with Crippen LogP contribution in [0.15, 0.2) is 0 Å². The Morgan fingerprint density at radius 3 is 2.47 bits per heavy atom. The lowest BCUT2D eigenvalue weighted by molar-refractivity contribution is -0.133. The first-order chi connectivity index (χ1) is 8.34. The van der Waals surface area contributed by atoms with Gasteiger partial charge in [0.15, 0.2) is 0 Å². The first-order valence-electron chi connectivity index (χ1n) is 7.37. The van der Waals surface area contributed by atoms with Gasteiger partial charge in [-0.05, 0) is 44.1 Å². The van der Waals surface area contributed by atoms with E-state index in [0.717, 1.165) is 37.9 Å². The van der Waals surface area contributed by atoms with Gasteiger partial charge in [-0.3, -0.25) is 4.79 Å². The zero-order valence-corrected chi connectivity index (χ0v) is 10.7. The lowest BCUT2D eigenvalue weighted by atomic mass is 9.73. The van der Waals surface area contributed by atoms with Gasteiger partial charge in [-0.25, -0.2) is 0 Å². The summed E-state index contributed by atoms with van der Waals surface area (Å²) < 4.78 is 0. The summed E-state index contributed by atoms with van der Waals surface area (Å²) in [6.45, 7) is 3.06. The first-order valence-corrected chi connectivity index (χ1v) is 7.37. The minimum Gasteiger partial charge on any atom is -0.341 e. The van der Waals surface area contributed by atoms with Crippen LogP contribution >= 0.6 is 0 Å². The van der Waals surface area contributed by atoms with Crippen LogP contribution < -0.4 is 5.32 Å². The Hall–Kier alpha value is -0.570. The summed E-state index contributed by atoms with van der Waals surface area (Å²) in [7, 11) is 0. The van der Waals surface area contributed by atoms with Crippen molar-refractivity contribution < 1.29 is 4.79 Å². The number of fused-ring (bicyclic) bond motifs is 1. The molecule has 1 aliphatic carbocycles. The van der Waals surface area contributed by atoms with Gasteiger partial charge in [0.05, 0.1) is 6.04 Å². The Bertz CT molecular complexity index is 286. The lowest BCUT2D eigenvalue weighted by Gasteiger charge is -2.40.